The molecule has 1 heterocycles. The van der Waals surface area contributed by atoms with Gasteiger partial charge < -0.3 is 10.0 Å². The van der Waals surface area contributed by atoms with Crippen molar-refractivity contribution in [2.45, 2.75) is 44.6 Å². The fraction of sp³-hybridized carbons (Fsp3) is 0.476. The number of nitro groups is 1. The Bertz CT molecular complexity index is 810. The monoisotopic (exact) mass is 434 g/mol. The molecule has 1 amide bonds. The van der Waals surface area contributed by atoms with Crippen LogP contribution < -0.4 is 0 Å². The number of carboxylic acids is 1. The van der Waals surface area contributed by atoms with Gasteiger partial charge in [-0.05, 0) is 31.1 Å². The second-order valence-corrected chi connectivity index (χ2v) is 8.27. The number of ketones is 1. The lowest BCUT2D eigenvalue weighted by molar-refractivity contribution is -0.385. The Labute approximate surface area is 179 Å². The van der Waals surface area contributed by atoms with Crippen LogP contribution in [-0.4, -0.2) is 56.7 Å². The van der Waals surface area contributed by atoms with Gasteiger partial charge >= 0.3 is 5.97 Å². The van der Waals surface area contributed by atoms with Crippen molar-refractivity contribution < 1.29 is 24.4 Å². The number of hydrogen-bond acceptors (Lipinski definition) is 6. The Morgan fingerprint density at radius 1 is 1.30 bits per heavy atom. The maximum atomic E-state index is 12.3. The molecule has 0 spiro atoms. The first-order chi connectivity index (χ1) is 14.4. The Kier molecular flexibility index (Phi) is 9.53. The first-order valence-electron chi connectivity index (χ1n) is 9.91. The van der Waals surface area contributed by atoms with Crippen LogP contribution in [0.15, 0.2) is 36.4 Å². The van der Waals surface area contributed by atoms with E-state index in [4.69, 9.17) is 5.11 Å². The van der Waals surface area contributed by atoms with E-state index in [0.717, 1.165) is 18.6 Å². The number of nitro benzene ring substituents is 1. The number of carbonyl (C=O) groups excluding carboxylic acids is 2. The molecule has 162 valence electrons. The molecule has 2 rings (SSSR count). The molecule has 0 bridgehead atoms. The third kappa shape index (κ3) is 7.62. The molecule has 1 aromatic rings. The lowest BCUT2D eigenvalue weighted by Gasteiger charge is -2.34. The zero-order valence-electron chi connectivity index (χ0n) is 16.7. The van der Waals surface area contributed by atoms with E-state index in [1.54, 1.807) is 40.9 Å². The van der Waals surface area contributed by atoms with Gasteiger partial charge in [0.15, 0.2) is 5.78 Å². The third-order valence-corrected chi connectivity index (χ3v) is 5.87. The van der Waals surface area contributed by atoms with Crippen molar-refractivity contribution in [2.75, 3.05) is 18.1 Å². The van der Waals surface area contributed by atoms with Crippen LogP contribution in [-0.2, 0) is 20.8 Å². The molecule has 0 aliphatic carbocycles. The molecule has 0 saturated carbocycles. The summed E-state index contributed by atoms with van der Waals surface area (Å²) in [4.78, 5) is 47.5. The SMILES string of the molecule is O=C(O)CCCSCCN1C(=O)CCC[C@@H]1C=CC(=O)Cc1ccccc1[N+](=O)[O-]. The highest BCUT2D eigenvalue weighted by Crippen LogP contribution is 2.21. The Morgan fingerprint density at radius 2 is 2.07 bits per heavy atom. The van der Waals surface area contributed by atoms with Gasteiger partial charge in [-0.2, -0.15) is 11.8 Å². The normalized spacial score (nSPS) is 16.7. The highest BCUT2D eigenvalue weighted by atomic mass is 32.2. The Balaban J connectivity index is 1.89. The fourth-order valence-electron chi connectivity index (χ4n) is 3.33. The molecule has 1 saturated heterocycles. The third-order valence-electron chi connectivity index (χ3n) is 4.82. The number of aliphatic carboxylic acids is 1. The van der Waals surface area contributed by atoms with E-state index < -0.39 is 10.9 Å². The largest absolute Gasteiger partial charge is 0.481 e. The van der Waals surface area contributed by atoms with E-state index in [2.05, 4.69) is 0 Å². The van der Waals surface area contributed by atoms with E-state index in [0.29, 0.717) is 30.7 Å². The van der Waals surface area contributed by atoms with Gasteiger partial charge in [0.25, 0.3) is 5.69 Å². The summed E-state index contributed by atoms with van der Waals surface area (Å²) in [5, 5.41) is 19.7. The standard InChI is InChI=1S/C21H26N2O6S/c24-18(15-16-5-1-2-7-19(16)23(28)29)11-10-17-6-3-8-20(25)22(17)12-14-30-13-4-9-21(26)27/h1-2,5,7,10-11,17H,3-4,6,8-9,12-15H2,(H,26,27)/t17-/m1/s1. The van der Waals surface area contributed by atoms with Crippen LogP contribution in [0.4, 0.5) is 5.69 Å². The highest BCUT2D eigenvalue weighted by molar-refractivity contribution is 7.99. The number of thioether (sulfide) groups is 1. The van der Waals surface area contributed by atoms with Crippen molar-refractivity contribution in [1.29, 1.82) is 0 Å². The summed E-state index contributed by atoms with van der Waals surface area (Å²) >= 11 is 1.61. The van der Waals surface area contributed by atoms with Gasteiger partial charge in [-0.15, -0.1) is 0 Å². The van der Waals surface area contributed by atoms with Crippen molar-refractivity contribution in [3.63, 3.8) is 0 Å². The van der Waals surface area contributed by atoms with Gasteiger partial charge in [0.1, 0.15) is 0 Å². The molecule has 1 aliphatic heterocycles. The van der Waals surface area contributed by atoms with E-state index >= 15 is 0 Å². The number of nitrogens with zero attached hydrogens (tertiary/aromatic N) is 2. The molecule has 9 heteroatoms. The summed E-state index contributed by atoms with van der Waals surface area (Å²) in [7, 11) is 0. The molecular weight excluding hydrogens is 408 g/mol. The van der Waals surface area contributed by atoms with E-state index in [1.165, 1.54) is 12.1 Å². The summed E-state index contributed by atoms with van der Waals surface area (Å²) in [5.74, 6) is 0.430. The van der Waals surface area contributed by atoms with Crippen LogP contribution in [0.5, 0.6) is 0 Å². The van der Waals surface area contributed by atoms with Crippen LogP contribution in [0.3, 0.4) is 0 Å². The minimum Gasteiger partial charge on any atom is -0.481 e. The molecule has 0 unspecified atom stereocenters. The van der Waals surface area contributed by atoms with Gasteiger partial charge in [-0.25, -0.2) is 0 Å². The number of carboxylic acid groups (broad SMARTS) is 1. The second kappa shape index (κ2) is 12.1. The van der Waals surface area contributed by atoms with Crippen molar-refractivity contribution in [2.24, 2.45) is 0 Å². The number of carbonyl (C=O) groups is 3. The minimum absolute atomic E-state index is 0.0492. The number of para-hydroxylation sites is 1. The predicted octanol–water partition coefficient (Wildman–Crippen LogP) is 3.24. The van der Waals surface area contributed by atoms with Crippen molar-refractivity contribution in [1.82, 2.24) is 4.90 Å². The first-order valence-corrected chi connectivity index (χ1v) is 11.1. The minimum atomic E-state index is -0.808. The number of benzene rings is 1. The maximum Gasteiger partial charge on any atom is 0.303 e. The number of allylic oxidation sites excluding steroid dienone is 1. The molecular formula is C21H26N2O6S. The zero-order chi connectivity index (χ0) is 21.9. The maximum absolute atomic E-state index is 12.3. The summed E-state index contributed by atoms with van der Waals surface area (Å²) in [6, 6.07) is 6.01. The van der Waals surface area contributed by atoms with Gasteiger partial charge in [-0.1, -0.05) is 24.3 Å². The Morgan fingerprint density at radius 3 is 2.80 bits per heavy atom. The number of amides is 1. The topological polar surface area (TPSA) is 118 Å². The summed E-state index contributed by atoms with van der Waals surface area (Å²) in [6.07, 6.45) is 5.83. The number of rotatable bonds is 12. The highest BCUT2D eigenvalue weighted by Gasteiger charge is 2.26. The van der Waals surface area contributed by atoms with Crippen LogP contribution >= 0.6 is 11.8 Å². The van der Waals surface area contributed by atoms with Crippen LogP contribution in [0, 0.1) is 10.1 Å². The molecule has 1 fully saturated rings. The molecule has 30 heavy (non-hydrogen) atoms. The number of hydrogen-bond donors (Lipinski definition) is 1. The van der Waals surface area contributed by atoms with Crippen molar-refractivity contribution in [3.05, 3.63) is 52.1 Å². The molecule has 1 aliphatic rings. The molecule has 1 atom stereocenters. The number of piperidine rings is 1. The van der Waals surface area contributed by atoms with Crippen LogP contribution in [0.1, 0.15) is 37.7 Å². The Hall–Kier alpha value is -2.68. The van der Waals surface area contributed by atoms with E-state index in [1.807, 2.05) is 0 Å². The molecule has 1 N–H and O–H groups in total. The molecule has 8 nitrogen and oxygen atoms in total. The average Bonchev–Trinajstić information content (AvgIpc) is 2.70. The average molecular weight is 435 g/mol. The lowest BCUT2D eigenvalue weighted by Crippen LogP contribution is -2.43. The number of likely N-dealkylation sites (tertiary alicyclic amines) is 1. The van der Waals surface area contributed by atoms with Crippen LogP contribution in [0.2, 0.25) is 0 Å². The van der Waals surface area contributed by atoms with Crippen LogP contribution in [0.25, 0.3) is 0 Å². The molecule has 0 aromatic heterocycles. The summed E-state index contributed by atoms with van der Waals surface area (Å²) < 4.78 is 0. The summed E-state index contributed by atoms with van der Waals surface area (Å²) in [5.41, 5.74) is 0.292. The van der Waals surface area contributed by atoms with Crippen molar-refractivity contribution >= 4 is 35.1 Å². The van der Waals surface area contributed by atoms with E-state index in [-0.39, 0.29) is 36.3 Å². The summed E-state index contributed by atoms with van der Waals surface area (Å²) in [6.45, 7) is 0.546. The fourth-order valence-corrected chi connectivity index (χ4v) is 4.21. The predicted molar refractivity (Wildman–Crippen MR) is 114 cm³/mol. The van der Waals surface area contributed by atoms with Gasteiger partial charge in [0.05, 0.1) is 11.0 Å². The van der Waals surface area contributed by atoms with Gasteiger partial charge in [0.2, 0.25) is 5.91 Å². The quantitative estimate of drug-likeness (QED) is 0.232. The first kappa shape index (κ1) is 23.6. The van der Waals surface area contributed by atoms with Crippen molar-refractivity contribution in [3.8, 4) is 0 Å². The second-order valence-electron chi connectivity index (χ2n) is 7.04. The lowest BCUT2D eigenvalue weighted by atomic mass is 10.00. The zero-order valence-corrected chi connectivity index (χ0v) is 17.5. The molecule has 1 aromatic carbocycles. The molecule has 0 radical (unpaired) electrons. The van der Waals surface area contributed by atoms with Gasteiger partial charge in [0, 0.05) is 43.2 Å². The van der Waals surface area contributed by atoms with E-state index in [9.17, 15) is 24.5 Å². The van der Waals surface area contributed by atoms with Gasteiger partial charge in [-0.3, -0.25) is 24.5 Å². The smallest absolute Gasteiger partial charge is 0.303 e.